The molecule has 130 valence electrons. The summed E-state index contributed by atoms with van der Waals surface area (Å²) in [6, 6.07) is 28.9. The number of benzene rings is 3. The van der Waals surface area contributed by atoms with Crippen molar-refractivity contribution in [3.8, 4) is 11.4 Å². The Balaban J connectivity index is 1.47. The minimum absolute atomic E-state index is 0.753. The fraction of sp³-hybridized carbons (Fsp3) is 0.0455. The number of nitrogens with zero attached hydrogens (tertiary/aromatic N) is 4. The fourth-order valence-electron chi connectivity index (χ4n) is 3.19. The number of hydrogen-bond donors (Lipinski definition) is 0. The van der Waals surface area contributed by atoms with Gasteiger partial charge in [-0.1, -0.05) is 84.6 Å². The second kappa shape index (κ2) is 6.85. The normalized spacial score (nSPS) is 11.3. The standard InChI is InChI=1S/C22H16N4S/c1-2-8-17(9-3-1)22-24-23-20-13-14-21(25-26(20)22)27-15-18-11-6-10-16-7-4-5-12-19(16)18/h1-14H,15H2. The van der Waals surface area contributed by atoms with Crippen LogP contribution in [0.3, 0.4) is 0 Å². The fourth-order valence-corrected chi connectivity index (χ4v) is 4.05. The molecular formula is C22H16N4S. The van der Waals surface area contributed by atoms with E-state index in [-0.39, 0.29) is 0 Å². The average Bonchev–Trinajstić information content (AvgIpc) is 3.16. The Morgan fingerprint density at radius 2 is 1.56 bits per heavy atom. The molecule has 2 heterocycles. The Morgan fingerprint density at radius 1 is 0.741 bits per heavy atom. The molecule has 27 heavy (non-hydrogen) atoms. The Morgan fingerprint density at radius 3 is 2.48 bits per heavy atom. The third kappa shape index (κ3) is 3.06. The molecule has 0 N–H and O–H groups in total. The molecule has 0 atom stereocenters. The lowest BCUT2D eigenvalue weighted by molar-refractivity contribution is 0.860. The van der Waals surface area contributed by atoms with Crippen molar-refractivity contribution in [2.45, 2.75) is 10.8 Å². The molecule has 4 nitrogen and oxygen atoms in total. The molecule has 0 spiro atoms. The third-order valence-electron chi connectivity index (χ3n) is 4.53. The molecule has 0 saturated carbocycles. The molecule has 0 amide bonds. The zero-order valence-corrected chi connectivity index (χ0v) is 15.3. The van der Waals surface area contributed by atoms with Crippen LogP contribution in [0.4, 0.5) is 0 Å². The molecule has 0 aliphatic carbocycles. The highest BCUT2D eigenvalue weighted by atomic mass is 32.2. The van der Waals surface area contributed by atoms with E-state index in [0.717, 1.165) is 27.8 Å². The van der Waals surface area contributed by atoms with E-state index in [9.17, 15) is 0 Å². The van der Waals surface area contributed by atoms with Crippen LogP contribution in [0, 0.1) is 0 Å². The SMILES string of the molecule is c1ccc(-c2nnc3ccc(SCc4cccc5ccccc45)nn23)cc1. The molecule has 5 heteroatoms. The highest BCUT2D eigenvalue weighted by molar-refractivity contribution is 7.98. The predicted molar refractivity (Wildman–Crippen MR) is 110 cm³/mol. The molecule has 3 aromatic carbocycles. The maximum absolute atomic E-state index is 4.76. The molecule has 0 fully saturated rings. The van der Waals surface area contributed by atoms with Gasteiger partial charge >= 0.3 is 0 Å². The molecule has 0 unspecified atom stereocenters. The summed E-state index contributed by atoms with van der Waals surface area (Å²) < 4.78 is 1.82. The van der Waals surface area contributed by atoms with E-state index >= 15 is 0 Å². The summed E-state index contributed by atoms with van der Waals surface area (Å²) in [6.45, 7) is 0. The molecule has 0 saturated heterocycles. The molecule has 0 aliphatic heterocycles. The number of hydrogen-bond acceptors (Lipinski definition) is 4. The zero-order chi connectivity index (χ0) is 18.1. The second-order valence-electron chi connectivity index (χ2n) is 6.26. The molecular weight excluding hydrogens is 352 g/mol. The Labute approximate surface area is 160 Å². The summed E-state index contributed by atoms with van der Waals surface area (Å²) in [5.74, 6) is 1.63. The van der Waals surface area contributed by atoms with Crippen LogP contribution in [0.25, 0.3) is 27.8 Å². The van der Waals surface area contributed by atoms with Gasteiger partial charge in [-0.05, 0) is 28.5 Å². The van der Waals surface area contributed by atoms with Crippen molar-refractivity contribution >= 4 is 28.2 Å². The first-order valence-electron chi connectivity index (χ1n) is 8.76. The van der Waals surface area contributed by atoms with E-state index in [1.54, 1.807) is 11.8 Å². The van der Waals surface area contributed by atoms with Gasteiger partial charge in [-0.25, -0.2) is 0 Å². The van der Waals surface area contributed by atoms with E-state index in [0.29, 0.717) is 0 Å². The van der Waals surface area contributed by atoms with Crippen molar-refractivity contribution in [2.24, 2.45) is 0 Å². The van der Waals surface area contributed by atoms with Gasteiger partial charge in [0.1, 0.15) is 5.03 Å². The summed E-state index contributed by atoms with van der Waals surface area (Å²) in [5.41, 5.74) is 3.07. The van der Waals surface area contributed by atoms with Crippen molar-refractivity contribution < 1.29 is 0 Å². The number of fused-ring (bicyclic) bond motifs is 2. The number of aromatic nitrogens is 4. The van der Waals surface area contributed by atoms with Gasteiger partial charge in [0.05, 0.1) is 0 Å². The maximum atomic E-state index is 4.76. The van der Waals surface area contributed by atoms with Crippen molar-refractivity contribution in [1.29, 1.82) is 0 Å². The van der Waals surface area contributed by atoms with Crippen LogP contribution < -0.4 is 0 Å². The van der Waals surface area contributed by atoms with Gasteiger partial charge in [0.25, 0.3) is 0 Å². The van der Waals surface area contributed by atoms with Crippen molar-refractivity contribution in [3.05, 3.63) is 90.5 Å². The summed E-state index contributed by atoms with van der Waals surface area (Å²) >= 11 is 1.72. The van der Waals surface area contributed by atoms with E-state index < -0.39 is 0 Å². The van der Waals surface area contributed by atoms with Crippen LogP contribution >= 0.6 is 11.8 Å². The van der Waals surface area contributed by atoms with Crippen molar-refractivity contribution in [2.75, 3.05) is 0 Å². The van der Waals surface area contributed by atoms with E-state index in [1.165, 1.54) is 16.3 Å². The van der Waals surface area contributed by atoms with Crippen molar-refractivity contribution in [1.82, 2.24) is 19.8 Å². The van der Waals surface area contributed by atoms with E-state index in [2.05, 4.69) is 52.7 Å². The van der Waals surface area contributed by atoms with Crippen LogP contribution in [0.15, 0.2) is 90.0 Å². The van der Waals surface area contributed by atoms with Gasteiger partial charge in [0, 0.05) is 11.3 Å². The van der Waals surface area contributed by atoms with Gasteiger partial charge in [0.15, 0.2) is 11.5 Å². The van der Waals surface area contributed by atoms with Crippen LogP contribution in [0.1, 0.15) is 5.56 Å². The first-order valence-corrected chi connectivity index (χ1v) is 9.74. The average molecular weight is 368 g/mol. The van der Waals surface area contributed by atoms with Crippen molar-refractivity contribution in [3.63, 3.8) is 0 Å². The number of thioether (sulfide) groups is 1. The quantitative estimate of drug-likeness (QED) is 0.407. The van der Waals surface area contributed by atoms with Gasteiger partial charge < -0.3 is 0 Å². The minimum Gasteiger partial charge on any atom is -0.192 e. The molecule has 0 radical (unpaired) electrons. The largest absolute Gasteiger partial charge is 0.192 e. The topological polar surface area (TPSA) is 43.1 Å². The highest BCUT2D eigenvalue weighted by Gasteiger charge is 2.10. The lowest BCUT2D eigenvalue weighted by Crippen LogP contribution is -1.96. The third-order valence-corrected chi connectivity index (χ3v) is 5.49. The lowest BCUT2D eigenvalue weighted by atomic mass is 10.1. The van der Waals surface area contributed by atoms with Gasteiger partial charge in [-0.2, -0.15) is 9.61 Å². The Hall–Kier alpha value is -3.18. The molecule has 2 aromatic heterocycles. The van der Waals surface area contributed by atoms with Gasteiger partial charge in [-0.15, -0.1) is 10.2 Å². The summed E-state index contributed by atoms with van der Waals surface area (Å²) in [4.78, 5) is 0. The summed E-state index contributed by atoms with van der Waals surface area (Å²) in [6.07, 6.45) is 0. The van der Waals surface area contributed by atoms with Gasteiger partial charge in [0.2, 0.25) is 0 Å². The monoisotopic (exact) mass is 368 g/mol. The minimum atomic E-state index is 0.753. The maximum Gasteiger partial charge on any atom is 0.185 e. The van der Waals surface area contributed by atoms with Crippen LogP contribution in [-0.2, 0) is 5.75 Å². The van der Waals surface area contributed by atoms with E-state index in [1.807, 2.05) is 47.0 Å². The molecule has 0 aliphatic rings. The summed E-state index contributed by atoms with van der Waals surface area (Å²) in [5, 5.41) is 16.8. The predicted octanol–water partition coefficient (Wildman–Crippen LogP) is 5.24. The lowest BCUT2D eigenvalue weighted by Gasteiger charge is -2.06. The Kier molecular flexibility index (Phi) is 4.07. The Bertz CT molecular complexity index is 1230. The van der Waals surface area contributed by atoms with Crippen LogP contribution in [-0.4, -0.2) is 19.8 Å². The smallest absolute Gasteiger partial charge is 0.185 e. The molecule has 5 rings (SSSR count). The number of rotatable bonds is 4. The van der Waals surface area contributed by atoms with Crippen LogP contribution in [0.2, 0.25) is 0 Å². The molecule has 5 aromatic rings. The van der Waals surface area contributed by atoms with Gasteiger partial charge in [-0.3, -0.25) is 0 Å². The second-order valence-corrected chi connectivity index (χ2v) is 7.25. The highest BCUT2D eigenvalue weighted by Crippen LogP contribution is 2.27. The van der Waals surface area contributed by atoms with Crippen LogP contribution in [0.5, 0.6) is 0 Å². The molecule has 0 bridgehead atoms. The first kappa shape index (κ1) is 16.0. The summed E-state index contributed by atoms with van der Waals surface area (Å²) in [7, 11) is 0. The first-order chi connectivity index (χ1) is 13.4. The zero-order valence-electron chi connectivity index (χ0n) is 14.5. The van der Waals surface area contributed by atoms with E-state index in [4.69, 9.17) is 5.10 Å².